The highest BCUT2D eigenvalue weighted by atomic mass is 32.2. The summed E-state index contributed by atoms with van der Waals surface area (Å²) in [7, 11) is 1.39. The van der Waals surface area contributed by atoms with Gasteiger partial charge in [-0.25, -0.2) is 4.79 Å². The van der Waals surface area contributed by atoms with Crippen LogP contribution in [0.4, 0.5) is 4.79 Å². The van der Waals surface area contributed by atoms with Crippen LogP contribution < -0.4 is 5.32 Å². The second-order valence-electron chi connectivity index (χ2n) is 8.10. The van der Waals surface area contributed by atoms with Crippen LogP contribution in [-0.4, -0.2) is 18.3 Å². The summed E-state index contributed by atoms with van der Waals surface area (Å²) in [5.74, 6) is 0.938. The number of amides is 1. The molecule has 0 spiro atoms. The van der Waals surface area contributed by atoms with Gasteiger partial charge in [0.25, 0.3) is 0 Å². The number of carbonyl (C=O) groups is 2. The third kappa shape index (κ3) is 5.38. The maximum absolute atomic E-state index is 13.3. The summed E-state index contributed by atoms with van der Waals surface area (Å²) in [4.78, 5) is 26.0. The van der Waals surface area contributed by atoms with E-state index in [-0.39, 0.29) is 22.5 Å². The summed E-state index contributed by atoms with van der Waals surface area (Å²) in [5, 5.41) is 2.86. The van der Waals surface area contributed by atoms with Crippen LogP contribution >= 0.6 is 11.8 Å². The molecular weight excluding hydrogens is 346 g/mol. The Morgan fingerprint density at radius 1 is 1.31 bits per heavy atom. The number of allylic oxidation sites excluding steroid dienone is 3. The van der Waals surface area contributed by atoms with E-state index in [1.807, 2.05) is 6.08 Å². The van der Waals surface area contributed by atoms with Crippen molar-refractivity contribution in [2.75, 3.05) is 7.11 Å². The average molecular weight is 380 g/mol. The van der Waals surface area contributed by atoms with E-state index in [4.69, 9.17) is 4.74 Å². The third-order valence-electron chi connectivity index (χ3n) is 5.59. The summed E-state index contributed by atoms with van der Waals surface area (Å²) in [5.41, 5.74) is 0.518. The zero-order chi connectivity index (χ0) is 19.2. The molecule has 0 aromatic rings. The Hall–Kier alpha value is -1.23. The molecule has 1 saturated carbocycles. The minimum Gasteiger partial charge on any atom is -0.461 e. The van der Waals surface area contributed by atoms with E-state index in [1.165, 1.54) is 13.5 Å². The molecule has 1 atom stereocenters. The molecule has 146 valence electrons. The molecule has 0 bridgehead atoms. The van der Waals surface area contributed by atoms with Crippen LogP contribution in [0.2, 0.25) is 0 Å². The molecule has 0 aromatic carbocycles. The first-order valence-corrected chi connectivity index (χ1v) is 10.7. The molecule has 0 aliphatic heterocycles. The van der Waals surface area contributed by atoms with Crippen molar-refractivity contribution < 1.29 is 14.3 Å². The standard InChI is InChI=1S/C21H33NO3S/c1-15(2)11-14-21(12-6-5-7-13-21)19(23)22-17-10-8-9-16(3)18(17)26-20(24)25-4/h8,10,15-16H,5-7,9,11-14H2,1-4H3,(H,22,23). The maximum Gasteiger partial charge on any atom is 0.371 e. The number of methoxy groups -OCH3 is 1. The Morgan fingerprint density at radius 3 is 2.62 bits per heavy atom. The number of hydrogen-bond acceptors (Lipinski definition) is 4. The Bertz CT molecular complexity index is 574. The molecule has 2 aliphatic carbocycles. The number of thioether (sulfide) groups is 1. The first-order valence-electron chi connectivity index (χ1n) is 9.86. The predicted molar refractivity (Wildman–Crippen MR) is 108 cm³/mol. The normalized spacial score (nSPS) is 22.4. The van der Waals surface area contributed by atoms with E-state index in [1.54, 1.807) is 0 Å². The van der Waals surface area contributed by atoms with Crippen LogP contribution in [0.3, 0.4) is 0 Å². The van der Waals surface area contributed by atoms with Crippen molar-refractivity contribution in [3.63, 3.8) is 0 Å². The van der Waals surface area contributed by atoms with Gasteiger partial charge in [0.15, 0.2) is 0 Å². The molecule has 1 amide bonds. The molecule has 2 aliphatic rings. The van der Waals surface area contributed by atoms with Gasteiger partial charge in [0.2, 0.25) is 5.91 Å². The summed E-state index contributed by atoms with van der Waals surface area (Å²) in [6.45, 7) is 6.51. The minimum absolute atomic E-state index is 0.134. The molecule has 0 saturated heterocycles. The highest BCUT2D eigenvalue weighted by molar-refractivity contribution is 8.16. The summed E-state index contributed by atoms with van der Waals surface area (Å²) in [6.07, 6.45) is 12.3. The molecule has 1 unspecified atom stereocenters. The summed E-state index contributed by atoms with van der Waals surface area (Å²) >= 11 is 1.10. The van der Waals surface area contributed by atoms with Gasteiger partial charge in [-0.05, 0) is 61.8 Å². The van der Waals surface area contributed by atoms with E-state index >= 15 is 0 Å². The Balaban J connectivity index is 2.20. The largest absolute Gasteiger partial charge is 0.461 e. The van der Waals surface area contributed by atoms with Crippen molar-refractivity contribution in [1.29, 1.82) is 0 Å². The monoisotopic (exact) mass is 379 g/mol. The number of carbonyl (C=O) groups excluding carboxylic acids is 2. The van der Waals surface area contributed by atoms with Crippen LogP contribution in [0.25, 0.3) is 0 Å². The first-order chi connectivity index (χ1) is 12.4. The van der Waals surface area contributed by atoms with Crippen molar-refractivity contribution in [1.82, 2.24) is 5.32 Å². The van der Waals surface area contributed by atoms with Crippen LogP contribution in [0.5, 0.6) is 0 Å². The molecule has 2 rings (SSSR count). The van der Waals surface area contributed by atoms with Crippen molar-refractivity contribution in [3.8, 4) is 0 Å². The third-order valence-corrected chi connectivity index (χ3v) is 6.76. The minimum atomic E-state index is -0.332. The Labute approximate surface area is 162 Å². The number of nitrogens with one attached hydrogen (secondary N) is 1. The lowest BCUT2D eigenvalue weighted by Gasteiger charge is -2.37. The van der Waals surface area contributed by atoms with Gasteiger partial charge < -0.3 is 10.1 Å². The predicted octanol–water partition coefficient (Wildman–Crippen LogP) is 5.80. The van der Waals surface area contributed by atoms with Crippen LogP contribution in [0, 0.1) is 17.3 Å². The van der Waals surface area contributed by atoms with Gasteiger partial charge in [-0.3, -0.25) is 4.79 Å². The van der Waals surface area contributed by atoms with E-state index in [0.717, 1.165) is 67.3 Å². The first kappa shape index (κ1) is 21.1. The van der Waals surface area contributed by atoms with E-state index in [9.17, 15) is 9.59 Å². The summed E-state index contributed by atoms with van der Waals surface area (Å²) < 4.78 is 4.81. The molecule has 0 radical (unpaired) electrons. The second kappa shape index (κ2) is 9.63. The zero-order valence-electron chi connectivity index (χ0n) is 16.6. The number of ether oxygens (including phenoxy) is 1. The highest BCUT2D eigenvalue weighted by Crippen LogP contribution is 2.42. The van der Waals surface area contributed by atoms with E-state index < -0.39 is 0 Å². The molecule has 5 heteroatoms. The Morgan fingerprint density at radius 2 is 2.00 bits per heavy atom. The quantitative estimate of drug-likeness (QED) is 0.593. The molecule has 26 heavy (non-hydrogen) atoms. The van der Waals surface area contributed by atoms with Crippen LogP contribution in [0.1, 0.15) is 72.1 Å². The lowest BCUT2D eigenvalue weighted by atomic mass is 9.69. The zero-order valence-corrected chi connectivity index (χ0v) is 17.4. The molecule has 0 aromatic heterocycles. The lowest BCUT2D eigenvalue weighted by Crippen LogP contribution is -2.42. The van der Waals surface area contributed by atoms with Gasteiger partial charge in [-0.2, -0.15) is 0 Å². The fraction of sp³-hybridized carbons (Fsp3) is 0.714. The Kier molecular flexibility index (Phi) is 7.81. The molecule has 1 N–H and O–H groups in total. The molecule has 0 heterocycles. The van der Waals surface area contributed by atoms with Gasteiger partial charge >= 0.3 is 5.30 Å². The van der Waals surface area contributed by atoms with E-state index in [2.05, 4.69) is 32.2 Å². The second-order valence-corrected chi connectivity index (χ2v) is 9.08. The number of rotatable bonds is 6. The van der Waals surface area contributed by atoms with Crippen molar-refractivity contribution in [2.45, 2.75) is 72.1 Å². The highest BCUT2D eigenvalue weighted by Gasteiger charge is 2.39. The van der Waals surface area contributed by atoms with Crippen molar-refractivity contribution in [3.05, 3.63) is 22.8 Å². The topological polar surface area (TPSA) is 55.4 Å². The van der Waals surface area contributed by atoms with Gasteiger partial charge in [0, 0.05) is 10.3 Å². The SMILES string of the molecule is COC(=O)SC1=C(NC(=O)C2(CCC(C)C)CCCCC2)C=CCC1C. The smallest absolute Gasteiger partial charge is 0.371 e. The van der Waals surface area contributed by atoms with Gasteiger partial charge in [-0.15, -0.1) is 0 Å². The van der Waals surface area contributed by atoms with Crippen LogP contribution in [-0.2, 0) is 9.53 Å². The van der Waals surface area contributed by atoms with Gasteiger partial charge in [0.1, 0.15) is 0 Å². The molecular formula is C21H33NO3S. The molecule has 1 fully saturated rings. The molecule has 4 nitrogen and oxygen atoms in total. The fourth-order valence-corrected chi connectivity index (χ4v) is 4.66. The van der Waals surface area contributed by atoms with Gasteiger partial charge in [0.05, 0.1) is 12.8 Å². The maximum atomic E-state index is 13.3. The van der Waals surface area contributed by atoms with Gasteiger partial charge in [-0.1, -0.05) is 46.1 Å². The average Bonchev–Trinajstić information content (AvgIpc) is 2.63. The van der Waals surface area contributed by atoms with Crippen molar-refractivity contribution in [2.24, 2.45) is 17.3 Å². The van der Waals surface area contributed by atoms with Crippen LogP contribution in [0.15, 0.2) is 22.8 Å². The lowest BCUT2D eigenvalue weighted by molar-refractivity contribution is -0.132. The van der Waals surface area contributed by atoms with E-state index in [0.29, 0.717) is 5.92 Å². The van der Waals surface area contributed by atoms with Crippen molar-refractivity contribution >= 4 is 23.0 Å². The number of hydrogen-bond donors (Lipinski definition) is 1. The fourth-order valence-electron chi connectivity index (χ4n) is 3.87. The summed E-state index contributed by atoms with van der Waals surface area (Å²) in [6, 6.07) is 0.